The van der Waals surface area contributed by atoms with E-state index in [9.17, 15) is 8.42 Å². The highest BCUT2D eigenvalue weighted by molar-refractivity contribution is 7.92. The molecule has 0 spiro atoms. The van der Waals surface area contributed by atoms with Crippen molar-refractivity contribution in [3.63, 3.8) is 0 Å². The predicted molar refractivity (Wildman–Crippen MR) is 94.6 cm³/mol. The predicted octanol–water partition coefficient (Wildman–Crippen LogP) is 3.70. The third-order valence-electron chi connectivity index (χ3n) is 4.24. The molecule has 1 fully saturated rings. The Morgan fingerprint density at radius 1 is 0.957 bits per heavy atom. The molecule has 5 heteroatoms. The molecular weight excluding hydrogens is 308 g/mol. The van der Waals surface area contributed by atoms with E-state index in [1.54, 1.807) is 18.2 Å². The molecule has 1 N–H and O–H groups in total. The zero-order chi connectivity index (χ0) is 16.4. The van der Waals surface area contributed by atoms with Crippen molar-refractivity contribution in [2.24, 2.45) is 0 Å². The Bertz CT molecular complexity index is 792. The summed E-state index contributed by atoms with van der Waals surface area (Å²) in [4.78, 5) is 2.58. The number of sulfonamides is 1. The molecule has 0 atom stereocenters. The van der Waals surface area contributed by atoms with E-state index < -0.39 is 10.0 Å². The molecule has 2 aromatic rings. The third kappa shape index (κ3) is 3.50. The fourth-order valence-corrected chi connectivity index (χ4v) is 4.07. The van der Waals surface area contributed by atoms with Crippen LogP contribution in [0.3, 0.4) is 0 Å². The summed E-state index contributed by atoms with van der Waals surface area (Å²) in [6.45, 7) is 5.99. The lowest BCUT2D eigenvalue weighted by atomic mass is 10.1. The van der Waals surface area contributed by atoms with Gasteiger partial charge in [-0.25, -0.2) is 8.42 Å². The highest BCUT2D eigenvalue weighted by Crippen LogP contribution is 2.24. The Morgan fingerprint density at radius 3 is 2.22 bits per heavy atom. The van der Waals surface area contributed by atoms with Crippen LogP contribution in [0.4, 0.5) is 11.4 Å². The second kappa shape index (κ2) is 6.24. The minimum Gasteiger partial charge on any atom is -0.372 e. The second-order valence-corrected chi connectivity index (χ2v) is 7.79. The Hall–Kier alpha value is -2.01. The first-order chi connectivity index (χ1) is 11.0. The molecule has 1 heterocycles. The van der Waals surface area contributed by atoms with Crippen LogP contribution < -0.4 is 9.62 Å². The molecule has 3 rings (SSSR count). The molecule has 1 saturated heterocycles. The monoisotopic (exact) mass is 330 g/mol. The lowest BCUT2D eigenvalue weighted by Gasteiger charge is -2.18. The van der Waals surface area contributed by atoms with Crippen molar-refractivity contribution in [1.82, 2.24) is 0 Å². The van der Waals surface area contributed by atoms with Crippen LogP contribution in [-0.2, 0) is 10.0 Å². The molecule has 4 nitrogen and oxygen atoms in total. The molecule has 23 heavy (non-hydrogen) atoms. The zero-order valence-electron chi connectivity index (χ0n) is 13.5. The van der Waals surface area contributed by atoms with Gasteiger partial charge in [0.25, 0.3) is 10.0 Å². The van der Waals surface area contributed by atoms with Crippen LogP contribution in [-0.4, -0.2) is 21.5 Å². The summed E-state index contributed by atoms with van der Waals surface area (Å²) in [5.41, 5.74) is 3.75. The van der Waals surface area contributed by atoms with Gasteiger partial charge in [0.05, 0.1) is 10.6 Å². The Labute approximate surface area is 138 Å². The van der Waals surface area contributed by atoms with Gasteiger partial charge in [0.1, 0.15) is 0 Å². The van der Waals surface area contributed by atoms with E-state index in [0.717, 1.165) is 29.9 Å². The number of aryl methyl sites for hydroxylation is 2. The minimum absolute atomic E-state index is 0.292. The minimum atomic E-state index is -3.56. The molecule has 2 aromatic carbocycles. The molecule has 0 aromatic heterocycles. The van der Waals surface area contributed by atoms with Crippen LogP contribution in [0, 0.1) is 13.8 Å². The molecule has 1 aliphatic rings. The normalized spacial score (nSPS) is 15.0. The fraction of sp³-hybridized carbons (Fsp3) is 0.333. The van der Waals surface area contributed by atoms with E-state index in [2.05, 4.69) is 9.62 Å². The lowest BCUT2D eigenvalue weighted by molar-refractivity contribution is 0.601. The van der Waals surface area contributed by atoms with Crippen LogP contribution in [0.1, 0.15) is 24.0 Å². The Morgan fingerprint density at radius 2 is 1.61 bits per heavy atom. The molecule has 122 valence electrons. The van der Waals surface area contributed by atoms with Gasteiger partial charge in [-0.05, 0) is 62.6 Å². The third-order valence-corrected chi connectivity index (χ3v) is 5.63. The van der Waals surface area contributed by atoms with Gasteiger partial charge in [0, 0.05) is 18.8 Å². The summed E-state index contributed by atoms with van der Waals surface area (Å²) in [5.74, 6) is 0. The van der Waals surface area contributed by atoms with Crippen LogP contribution in [0.2, 0.25) is 0 Å². The summed E-state index contributed by atoms with van der Waals surface area (Å²) in [6, 6.07) is 12.8. The SMILES string of the molecule is Cc1ccc(NS(=O)(=O)c2ccc(N3CCCC3)cc2)c(C)c1. The van der Waals surface area contributed by atoms with Crippen LogP contribution >= 0.6 is 0 Å². The summed E-state index contributed by atoms with van der Waals surface area (Å²) in [6.07, 6.45) is 2.41. The largest absolute Gasteiger partial charge is 0.372 e. The standard InChI is InChI=1S/C18H22N2O2S/c1-14-5-10-18(15(2)13-14)19-23(21,22)17-8-6-16(7-9-17)20-11-3-4-12-20/h5-10,13,19H,3-4,11-12H2,1-2H3. The van der Waals surface area contributed by atoms with Crippen molar-refractivity contribution in [2.75, 3.05) is 22.7 Å². The number of rotatable bonds is 4. The van der Waals surface area contributed by atoms with Gasteiger partial charge >= 0.3 is 0 Å². The first kappa shape index (κ1) is 15.9. The molecular formula is C18H22N2O2S. The fourth-order valence-electron chi connectivity index (χ4n) is 2.94. The maximum atomic E-state index is 12.5. The van der Waals surface area contributed by atoms with E-state index in [1.807, 2.05) is 38.1 Å². The van der Waals surface area contributed by atoms with E-state index in [1.165, 1.54) is 12.8 Å². The number of hydrogen-bond donors (Lipinski definition) is 1. The van der Waals surface area contributed by atoms with Gasteiger partial charge in [0.2, 0.25) is 0 Å². The van der Waals surface area contributed by atoms with E-state index in [0.29, 0.717) is 10.6 Å². The topological polar surface area (TPSA) is 49.4 Å². The van der Waals surface area contributed by atoms with Gasteiger partial charge in [-0.3, -0.25) is 4.72 Å². The van der Waals surface area contributed by atoms with Crippen molar-refractivity contribution in [1.29, 1.82) is 0 Å². The highest BCUT2D eigenvalue weighted by Gasteiger charge is 2.17. The zero-order valence-corrected chi connectivity index (χ0v) is 14.4. The smallest absolute Gasteiger partial charge is 0.261 e. The van der Waals surface area contributed by atoms with Crippen molar-refractivity contribution < 1.29 is 8.42 Å². The van der Waals surface area contributed by atoms with Crippen molar-refractivity contribution in [2.45, 2.75) is 31.6 Å². The number of nitrogens with zero attached hydrogens (tertiary/aromatic N) is 1. The summed E-state index contributed by atoms with van der Waals surface area (Å²) >= 11 is 0. The Balaban J connectivity index is 1.81. The maximum Gasteiger partial charge on any atom is 0.261 e. The highest BCUT2D eigenvalue weighted by atomic mass is 32.2. The Kier molecular flexibility index (Phi) is 4.31. The van der Waals surface area contributed by atoms with Crippen LogP contribution in [0.25, 0.3) is 0 Å². The first-order valence-corrected chi connectivity index (χ1v) is 9.39. The van der Waals surface area contributed by atoms with Gasteiger partial charge < -0.3 is 4.90 Å². The number of hydrogen-bond acceptors (Lipinski definition) is 3. The molecule has 1 aliphatic heterocycles. The molecule has 0 aliphatic carbocycles. The van der Waals surface area contributed by atoms with Crippen molar-refractivity contribution >= 4 is 21.4 Å². The molecule has 0 bridgehead atoms. The van der Waals surface area contributed by atoms with E-state index >= 15 is 0 Å². The van der Waals surface area contributed by atoms with Crippen molar-refractivity contribution in [3.8, 4) is 0 Å². The number of benzene rings is 2. The summed E-state index contributed by atoms with van der Waals surface area (Å²) in [5, 5.41) is 0. The van der Waals surface area contributed by atoms with E-state index in [-0.39, 0.29) is 0 Å². The van der Waals surface area contributed by atoms with Crippen LogP contribution in [0.5, 0.6) is 0 Å². The number of anilines is 2. The lowest BCUT2D eigenvalue weighted by Crippen LogP contribution is -2.18. The first-order valence-electron chi connectivity index (χ1n) is 7.91. The van der Waals surface area contributed by atoms with E-state index in [4.69, 9.17) is 0 Å². The second-order valence-electron chi connectivity index (χ2n) is 6.11. The average molecular weight is 330 g/mol. The van der Waals surface area contributed by atoms with Crippen molar-refractivity contribution in [3.05, 3.63) is 53.6 Å². The number of nitrogens with one attached hydrogen (secondary N) is 1. The van der Waals surface area contributed by atoms with Gasteiger partial charge in [0.15, 0.2) is 0 Å². The quantitative estimate of drug-likeness (QED) is 0.930. The molecule has 0 saturated carbocycles. The van der Waals surface area contributed by atoms with Crippen LogP contribution in [0.15, 0.2) is 47.4 Å². The maximum absolute atomic E-state index is 12.5. The van der Waals surface area contributed by atoms with Gasteiger partial charge in [-0.2, -0.15) is 0 Å². The molecule has 0 unspecified atom stereocenters. The molecule has 0 radical (unpaired) electrons. The molecule has 0 amide bonds. The summed E-state index contributed by atoms with van der Waals surface area (Å²) < 4.78 is 27.8. The summed E-state index contributed by atoms with van der Waals surface area (Å²) in [7, 11) is -3.56. The average Bonchev–Trinajstić information content (AvgIpc) is 3.05. The van der Waals surface area contributed by atoms with Gasteiger partial charge in [-0.1, -0.05) is 17.7 Å². The van der Waals surface area contributed by atoms with Gasteiger partial charge in [-0.15, -0.1) is 0 Å².